The van der Waals surface area contributed by atoms with Crippen molar-refractivity contribution in [2.75, 3.05) is 11.9 Å². The Morgan fingerprint density at radius 2 is 1.80 bits per heavy atom. The predicted octanol–water partition coefficient (Wildman–Crippen LogP) is 3.71. The Balaban J connectivity index is 1.43. The van der Waals surface area contributed by atoms with Crippen molar-refractivity contribution in [1.29, 1.82) is 0 Å². The normalized spacial score (nSPS) is 32.6. The second kappa shape index (κ2) is 6.00. The summed E-state index contributed by atoms with van der Waals surface area (Å²) in [5.41, 5.74) is 6.22. The van der Waals surface area contributed by atoms with Crippen LogP contribution in [0.1, 0.15) is 55.3 Å². The van der Waals surface area contributed by atoms with Gasteiger partial charge in [0.15, 0.2) is 0 Å². The van der Waals surface area contributed by atoms with Crippen molar-refractivity contribution in [3.8, 4) is 0 Å². The summed E-state index contributed by atoms with van der Waals surface area (Å²) in [6.07, 6.45) is 9.35. The summed E-state index contributed by atoms with van der Waals surface area (Å²) in [6.45, 7) is 0.739. The highest BCUT2D eigenvalue weighted by Crippen LogP contribution is 2.61. The maximum Gasteiger partial charge on any atom is 0.293 e. The Morgan fingerprint density at radius 3 is 2.32 bits per heavy atom. The van der Waals surface area contributed by atoms with Crippen molar-refractivity contribution in [3.63, 3.8) is 0 Å². The van der Waals surface area contributed by atoms with Crippen molar-refractivity contribution in [2.45, 2.75) is 44.9 Å². The Morgan fingerprint density at radius 1 is 1.20 bits per heavy atom. The summed E-state index contributed by atoms with van der Waals surface area (Å²) in [6, 6.07) is 4.40. The number of amides is 1. The molecule has 6 heteroatoms. The molecule has 4 aliphatic carbocycles. The summed E-state index contributed by atoms with van der Waals surface area (Å²) in [4.78, 5) is 22.1. The van der Waals surface area contributed by atoms with E-state index in [1.54, 1.807) is 12.1 Å². The number of hydrogen-bond donors (Lipinski definition) is 2. The number of nitro groups is 1. The van der Waals surface area contributed by atoms with Crippen molar-refractivity contribution in [1.82, 2.24) is 0 Å². The number of nitro benzene ring substituents is 1. The lowest BCUT2D eigenvalue weighted by atomic mass is 9.49. The lowest BCUT2D eigenvalue weighted by Crippen LogP contribution is -2.46. The van der Waals surface area contributed by atoms with Crippen molar-refractivity contribution < 1.29 is 9.72 Å². The van der Waals surface area contributed by atoms with Gasteiger partial charge in [-0.05, 0) is 80.2 Å². The van der Waals surface area contributed by atoms with E-state index < -0.39 is 10.8 Å². The molecule has 3 N–H and O–H groups in total. The molecule has 0 radical (unpaired) electrons. The minimum atomic E-state index is -0.650. The van der Waals surface area contributed by atoms with E-state index in [1.807, 2.05) is 0 Å². The van der Waals surface area contributed by atoms with E-state index in [4.69, 9.17) is 5.73 Å². The van der Waals surface area contributed by atoms with Gasteiger partial charge in [0.05, 0.1) is 4.92 Å². The SMILES string of the molecule is NC(=O)c1ccc(NCCC23CC4CC(CC(C4)C2)C3)c([N+](=O)[O-])c1. The van der Waals surface area contributed by atoms with Gasteiger partial charge in [-0.15, -0.1) is 0 Å². The predicted molar refractivity (Wildman–Crippen MR) is 95.3 cm³/mol. The summed E-state index contributed by atoms with van der Waals surface area (Å²) in [5.74, 6) is 2.09. The number of rotatable bonds is 6. The Kier molecular flexibility index (Phi) is 3.93. The van der Waals surface area contributed by atoms with Gasteiger partial charge < -0.3 is 11.1 Å². The first-order valence-corrected chi connectivity index (χ1v) is 9.26. The molecule has 134 valence electrons. The van der Waals surface area contributed by atoms with Crippen LogP contribution in [0.2, 0.25) is 0 Å². The molecule has 4 aliphatic rings. The monoisotopic (exact) mass is 343 g/mol. The van der Waals surface area contributed by atoms with Crippen LogP contribution >= 0.6 is 0 Å². The molecule has 6 nitrogen and oxygen atoms in total. The third kappa shape index (κ3) is 3.10. The minimum Gasteiger partial charge on any atom is -0.379 e. The first-order valence-electron chi connectivity index (χ1n) is 9.26. The van der Waals surface area contributed by atoms with Gasteiger partial charge in [-0.1, -0.05) is 0 Å². The van der Waals surface area contributed by atoms with Crippen LogP contribution in [-0.4, -0.2) is 17.4 Å². The third-order valence-electron chi connectivity index (χ3n) is 6.61. The molecule has 4 saturated carbocycles. The van der Waals surface area contributed by atoms with Crippen molar-refractivity contribution in [2.24, 2.45) is 28.9 Å². The number of nitrogens with two attached hydrogens (primary N) is 1. The van der Waals surface area contributed by atoms with E-state index >= 15 is 0 Å². The molecule has 1 amide bonds. The topological polar surface area (TPSA) is 98.3 Å². The first-order chi connectivity index (χ1) is 11.9. The summed E-state index contributed by atoms with van der Waals surface area (Å²) >= 11 is 0. The van der Waals surface area contributed by atoms with Gasteiger partial charge in [0.1, 0.15) is 5.69 Å². The van der Waals surface area contributed by atoms with Crippen molar-refractivity contribution >= 4 is 17.3 Å². The Hall–Kier alpha value is -2.11. The Labute approximate surface area is 147 Å². The molecule has 0 aromatic heterocycles. The maximum absolute atomic E-state index is 11.3. The zero-order valence-corrected chi connectivity index (χ0v) is 14.4. The Bertz CT molecular complexity index is 681. The van der Waals surface area contributed by atoms with Gasteiger partial charge in [0.25, 0.3) is 5.69 Å². The van der Waals surface area contributed by atoms with Crippen LogP contribution in [0.15, 0.2) is 18.2 Å². The number of hydrogen-bond acceptors (Lipinski definition) is 4. The summed E-state index contributed by atoms with van der Waals surface area (Å²) in [7, 11) is 0. The third-order valence-corrected chi connectivity index (χ3v) is 6.61. The number of nitrogens with one attached hydrogen (secondary N) is 1. The highest BCUT2D eigenvalue weighted by atomic mass is 16.6. The molecule has 25 heavy (non-hydrogen) atoms. The maximum atomic E-state index is 11.3. The zero-order valence-electron chi connectivity index (χ0n) is 14.4. The molecule has 0 aliphatic heterocycles. The largest absolute Gasteiger partial charge is 0.379 e. The van der Waals surface area contributed by atoms with Crippen LogP contribution in [0, 0.1) is 33.3 Å². The van der Waals surface area contributed by atoms with E-state index in [1.165, 1.54) is 44.6 Å². The molecule has 0 unspecified atom stereocenters. The number of carbonyl (C=O) groups is 1. The average Bonchev–Trinajstić information content (AvgIpc) is 2.53. The van der Waals surface area contributed by atoms with Crippen LogP contribution < -0.4 is 11.1 Å². The van der Waals surface area contributed by atoms with E-state index in [2.05, 4.69) is 5.32 Å². The number of nitrogens with zero attached hydrogens (tertiary/aromatic N) is 1. The number of anilines is 1. The van der Waals surface area contributed by atoms with Gasteiger partial charge in [-0.3, -0.25) is 14.9 Å². The van der Waals surface area contributed by atoms with Crippen LogP contribution in [0.4, 0.5) is 11.4 Å². The number of primary amides is 1. The molecule has 0 saturated heterocycles. The summed E-state index contributed by atoms with van der Waals surface area (Å²) < 4.78 is 0. The van der Waals surface area contributed by atoms with Crippen molar-refractivity contribution in [3.05, 3.63) is 33.9 Å². The molecule has 0 heterocycles. The molecule has 0 atom stereocenters. The molecule has 1 aromatic rings. The second-order valence-corrected chi connectivity index (χ2v) is 8.45. The second-order valence-electron chi connectivity index (χ2n) is 8.45. The van der Waals surface area contributed by atoms with Gasteiger partial charge in [-0.2, -0.15) is 0 Å². The van der Waals surface area contributed by atoms with Gasteiger partial charge >= 0.3 is 0 Å². The molecular weight excluding hydrogens is 318 g/mol. The lowest BCUT2D eigenvalue weighted by Gasteiger charge is -2.57. The van der Waals surface area contributed by atoms with Crippen LogP contribution in [0.3, 0.4) is 0 Å². The number of carbonyl (C=O) groups excluding carboxylic acids is 1. The highest BCUT2D eigenvalue weighted by molar-refractivity contribution is 5.94. The summed E-state index contributed by atoms with van der Waals surface area (Å²) in [5, 5.41) is 14.5. The first kappa shape index (κ1) is 16.4. The lowest BCUT2D eigenvalue weighted by molar-refractivity contribution is -0.384. The van der Waals surface area contributed by atoms with Crippen LogP contribution in [-0.2, 0) is 0 Å². The van der Waals surface area contributed by atoms with Crippen LogP contribution in [0.25, 0.3) is 0 Å². The van der Waals surface area contributed by atoms with Gasteiger partial charge in [0.2, 0.25) is 5.91 Å². The molecule has 4 bridgehead atoms. The fourth-order valence-electron chi connectivity index (χ4n) is 6.04. The molecule has 0 spiro atoms. The highest BCUT2D eigenvalue weighted by Gasteiger charge is 2.50. The molecule has 1 aromatic carbocycles. The smallest absolute Gasteiger partial charge is 0.293 e. The van der Waals surface area contributed by atoms with E-state index in [0.29, 0.717) is 11.1 Å². The van der Waals surface area contributed by atoms with E-state index in [-0.39, 0.29) is 11.3 Å². The number of benzene rings is 1. The molecule has 5 rings (SSSR count). The zero-order chi connectivity index (χ0) is 17.6. The average molecular weight is 343 g/mol. The van der Waals surface area contributed by atoms with Gasteiger partial charge in [0, 0.05) is 18.2 Å². The minimum absolute atomic E-state index is 0.0817. The van der Waals surface area contributed by atoms with Gasteiger partial charge in [-0.25, -0.2) is 0 Å². The van der Waals surface area contributed by atoms with E-state index in [0.717, 1.165) is 30.7 Å². The quantitative estimate of drug-likeness (QED) is 0.607. The molecule has 4 fully saturated rings. The van der Waals surface area contributed by atoms with E-state index in [9.17, 15) is 14.9 Å². The molecular formula is C19H25N3O3. The standard InChI is InChI=1S/C19H25N3O3/c20-18(23)15-1-2-16(17(8-15)22(24)25)21-4-3-19-9-12-5-13(10-19)7-14(6-12)11-19/h1-2,8,12-14,21H,3-7,9-11H2,(H2,20,23). The van der Waals surface area contributed by atoms with Crippen LogP contribution in [0.5, 0.6) is 0 Å². The fourth-order valence-corrected chi connectivity index (χ4v) is 6.04. The fraction of sp³-hybridized carbons (Fsp3) is 0.632.